The smallest absolute Gasteiger partial charge is 0.123 e. The van der Waals surface area contributed by atoms with Gasteiger partial charge in [0.25, 0.3) is 0 Å². The van der Waals surface area contributed by atoms with Crippen molar-refractivity contribution in [3.05, 3.63) is 23.9 Å². The third-order valence-corrected chi connectivity index (χ3v) is 5.69. The average Bonchev–Trinajstić information content (AvgIpc) is 2.39. The molecule has 4 aliphatic carbocycles. The van der Waals surface area contributed by atoms with Crippen LogP contribution in [0.5, 0.6) is 0 Å². The first-order valence-electron chi connectivity index (χ1n) is 7.99. The average molecular weight is 272 g/mol. The number of nitrogens with zero attached hydrogens (tertiary/aromatic N) is 1. The summed E-state index contributed by atoms with van der Waals surface area (Å²) in [7, 11) is 0. The van der Waals surface area contributed by atoms with Crippen LogP contribution in [0, 0.1) is 23.2 Å². The molecule has 0 aromatic carbocycles. The van der Waals surface area contributed by atoms with Gasteiger partial charge in [0.2, 0.25) is 0 Å². The molecule has 4 aliphatic rings. The highest BCUT2D eigenvalue weighted by molar-refractivity contribution is 5.28. The second-order valence-electron chi connectivity index (χ2n) is 7.50. The molecule has 3 nitrogen and oxygen atoms in total. The normalized spacial score (nSPS) is 38.3. The molecule has 1 heterocycles. The lowest BCUT2D eigenvalue weighted by Gasteiger charge is -2.56. The molecule has 0 spiro atoms. The SMILES string of the molecule is Nc1ccc(COCC23CC4CC(CC(C4)C2)C3)cn1. The van der Waals surface area contributed by atoms with Crippen LogP contribution < -0.4 is 5.73 Å². The molecule has 4 bridgehead atoms. The Bertz CT molecular complexity index is 447. The maximum atomic E-state index is 6.06. The number of aromatic nitrogens is 1. The fraction of sp³-hybridized carbons (Fsp3) is 0.706. The van der Waals surface area contributed by atoms with Crippen LogP contribution in [0.2, 0.25) is 0 Å². The van der Waals surface area contributed by atoms with Gasteiger partial charge in [0.15, 0.2) is 0 Å². The van der Waals surface area contributed by atoms with Crippen molar-refractivity contribution in [3.8, 4) is 0 Å². The van der Waals surface area contributed by atoms with E-state index in [9.17, 15) is 0 Å². The molecule has 0 saturated heterocycles. The third-order valence-electron chi connectivity index (χ3n) is 5.69. The van der Waals surface area contributed by atoms with Gasteiger partial charge in [0.1, 0.15) is 5.82 Å². The molecule has 0 amide bonds. The predicted octanol–water partition coefficient (Wildman–Crippen LogP) is 3.40. The maximum absolute atomic E-state index is 6.06. The molecule has 20 heavy (non-hydrogen) atoms. The molecule has 4 fully saturated rings. The first-order chi connectivity index (χ1) is 9.71. The zero-order chi connectivity index (χ0) is 13.6. The van der Waals surface area contributed by atoms with E-state index in [-0.39, 0.29) is 0 Å². The van der Waals surface area contributed by atoms with Crippen molar-refractivity contribution in [3.63, 3.8) is 0 Å². The zero-order valence-corrected chi connectivity index (χ0v) is 12.1. The Morgan fingerprint density at radius 2 is 1.75 bits per heavy atom. The van der Waals surface area contributed by atoms with Gasteiger partial charge in [-0.25, -0.2) is 4.98 Å². The van der Waals surface area contributed by atoms with Gasteiger partial charge in [-0.05, 0) is 73.3 Å². The Morgan fingerprint density at radius 3 is 2.30 bits per heavy atom. The molecule has 1 aromatic rings. The summed E-state index contributed by atoms with van der Waals surface area (Å²) in [6.45, 7) is 1.62. The number of ether oxygens (including phenoxy) is 1. The lowest BCUT2D eigenvalue weighted by atomic mass is 9.50. The van der Waals surface area contributed by atoms with Gasteiger partial charge in [0.05, 0.1) is 13.2 Å². The molecule has 108 valence electrons. The van der Waals surface area contributed by atoms with E-state index < -0.39 is 0 Å². The highest BCUT2D eigenvalue weighted by Gasteiger charge is 2.50. The van der Waals surface area contributed by atoms with Gasteiger partial charge in [-0.1, -0.05) is 6.07 Å². The van der Waals surface area contributed by atoms with Crippen LogP contribution in [0.15, 0.2) is 18.3 Å². The van der Waals surface area contributed by atoms with E-state index in [1.807, 2.05) is 18.3 Å². The van der Waals surface area contributed by atoms with Crippen LogP contribution in [0.3, 0.4) is 0 Å². The summed E-state index contributed by atoms with van der Waals surface area (Å²) in [5, 5.41) is 0. The third kappa shape index (κ3) is 2.32. The Kier molecular flexibility index (Phi) is 2.99. The number of nitrogens with two attached hydrogens (primary N) is 1. The fourth-order valence-corrected chi connectivity index (χ4v) is 5.37. The monoisotopic (exact) mass is 272 g/mol. The van der Waals surface area contributed by atoms with E-state index in [1.54, 1.807) is 0 Å². The largest absolute Gasteiger partial charge is 0.384 e. The van der Waals surface area contributed by atoms with Crippen LogP contribution in [0.1, 0.15) is 44.1 Å². The van der Waals surface area contributed by atoms with E-state index in [4.69, 9.17) is 10.5 Å². The van der Waals surface area contributed by atoms with Crippen molar-refractivity contribution in [2.45, 2.75) is 45.1 Å². The van der Waals surface area contributed by atoms with Crippen molar-refractivity contribution in [2.24, 2.45) is 23.2 Å². The Balaban J connectivity index is 1.36. The van der Waals surface area contributed by atoms with Crippen molar-refractivity contribution < 1.29 is 4.74 Å². The van der Waals surface area contributed by atoms with Crippen LogP contribution in [-0.2, 0) is 11.3 Å². The zero-order valence-electron chi connectivity index (χ0n) is 12.1. The molecule has 0 radical (unpaired) electrons. The van der Waals surface area contributed by atoms with E-state index in [2.05, 4.69) is 4.98 Å². The molecule has 4 saturated carbocycles. The second-order valence-corrected chi connectivity index (χ2v) is 7.50. The van der Waals surface area contributed by atoms with Crippen molar-refractivity contribution in [1.29, 1.82) is 0 Å². The molecule has 0 unspecified atom stereocenters. The molecule has 3 heteroatoms. The summed E-state index contributed by atoms with van der Waals surface area (Å²) in [5.74, 6) is 3.59. The van der Waals surface area contributed by atoms with Crippen molar-refractivity contribution >= 4 is 5.82 Å². The predicted molar refractivity (Wildman–Crippen MR) is 78.9 cm³/mol. The summed E-state index contributed by atoms with van der Waals surface area (Å²) < 4.78 is 6.06. The molecule has 2 N–H and O–H groups in total. The lowest BCUT2D eigenvalue weighted by molar-refractivity contribution is -0.0994. The first-order valence-corrected chi connectivity index (χ1v) is 7.99. The van der Waals surface area contributed by atoms with Gasteiger partial charge >= 0.3 is 0 Å². The standard InChI is InChI=1S/C17H24N2O/c18-16-2-1-12(9-19-16)10-20-11-17-6-13-3-14(7-17)5-15(4-13)8-17/h1-2,9,13-15H,3-8,10-11H2,(H2,18,19). The molecular weight excluding hydrogens is 248 g/mol. The topological polar surface area (TPSA) is 48.1 Å². The van der Waals surface area contributed by atoms with E-state index in [1.165, 1.54) is 38.5 Å². The summed E-state index contributed by atoms with van der Waals surface area (Å²) >= 11 is 0. The summed E-state index contributed by atoms with van der Waals surface area (Å²) in [6, 6.07) is 3.87. The Morgan fingerprint density at radius 1 is 1.10 bits per heavy atom. The molecule has 0 aliphatic heterocycles. The minimum Gasteiger partial charge on any atom is -0.384 e. The molecule has 1 aromatic heterocycles. The highest BCUT2D eigenvalue weighted by atomic mass is 16.5. The fourth-order valence-electron chi connectivity index (χ4n) is 5.37. The quantitative estimate of drug-likeness (QED) is 0.914. The summed E-state index contributed by atoms with van der Waals surface area (Å²) in [4.78, 5) is 4.12. The van der Waals surface area contributed by atoms with E-state index in [0.29, 0.717) is 17.8 Å². The van der Waals surface area contributed by atoms with Gasteiger partial charge in [-0.2, -0.15) is 0 Å². The maximum Gasteiger partial charge on any atom is 0.123 e. The Hall–Kier alpha value is -1.09. The number of hydrogen-bond donors (Lipinski definition) is 1. The lowest BCUT2D eigenvalue weighted by Crippen LogP contribution is -2.48. The van der Waals surface area contributed by atoms with E-state index in [0.717, 1.165) is 29.9 Å². The Labute approximate surface area is 120 Å². The van der Waals surface area contributed by atoms with Gasteiger partial charge in [-0.15, -0.1) is 0 Å². The van der Waals surface area contributed by atoms with Crippen LogP contribution >= 0.6 is 0 Å². The van der Waals surface area contributed by atoms with Gasteiger partial charge in [-0.3, -0.25) is 0 Å². The number of pyridine rings is 1. The molecule has 5 rings (SSSR count). The van der Waals surface area contributed by atoms with Crippen LogP contribution in [0.25, 0.3) is 0 Å². The number of rotatable bonds is 4. The van der Waals surface area contributed by atoms with Crippen LogP contribution in [0.4, 0.5) is 5.82 Å². The number of anilines is 1. The van der Waals surface area contributed by atoms with Crippen molar-refractivity contribution in [2.75, 3.05) is 12.3 Å². The number of nitrogen functional groups attached to an aromatic ring is 1. The molecule has 0 atom stereocenters. The first kappa shape index (κ1) is 12.6. The summed E-state index contributed by atoms with van der Waals surface area (Å²) in [6.07, 6.45) is 10.6. The van der Waals surface area contributed by atoms with Crippen molar-refractivity contribution in [1.82, 2.24) is 4.98 Å². The second kappa shape index (κ2) is 4.73. The van der Waals surface area contributed by atoms with Crippen LogP contribution in [-0.4, -0.2) is 11.6 Å². The van der Waals surface area contributed by atoms with Gasteiger partial charge < -0.3 is 10.5 Å². The molecular formula is C17H24N2O. The van der Waals surface area contributed by atoms with Gasteiger partial charge in [0, 0.05) is 6.20 Å². The minimum atomic E-state index is 0.510. The highest BCUT2D eigenvalue weighted by Crippen LogP contribution is 2.60. The van der Waals surface area contributed by atoms with E-state index >= 15 is 0 Å². The minimum absolute atomic E-state index is 0.510. The summed E-state index contributed by atoms with van der Waals surface area (Å²) in [5.41, 5.74) is 7.24. The number of hydrogen-bond acceptors (Lipinski definition) is 3.